The summed E-state index contributed by atoms with van der Waals surface area (Å²) in [4.78, 5) is 10.2. The van der Waals surface area contributed by atoms with Crippen molar-refractivity contribution in [1.29, 1.82) is 0 Å². The molecule has 0 unspecified atom stereocenters. The molecule has 0 fully saturated rings. The van der Waals surface area contributed by atoms with Crippen molar-refractivity contribution in [2.24, 2.45) is 5.73 Å². The highest BCUT2D eigenvalue weighted by atomic mass is 16.1. The number of benzene rings is 1. The van der Waals surface area contributed by atoms with Crippen LogP contribution in [0.1, 0.15) is 12.0 Å². The molecule has 2 N–H and O–H groups in total. The Morgan fingerprint density at radius 1 is 1.33 bits per heavy atom. The molecule has 0 bridgehead atoms. The average Bonchev–Trinajstić information content (AvgIpc) is 2.16. The lowest BCUT2D eigenvalue weighted by molar-refractivity contribution is -0.109. The maximum Gasteiger partial charge on any atom is 0.136 e. The van der Waals surface area contributed by atoms with Gasteiger partial charge in [-0.2, -0.15) is 0 Å². The van der Waals surface area contributed by atoms with Crippen molar-refractivity contribution in [1.82, 2.24) is 0 Å². The minimum atomic E-state index is -0.315. The first-order chi connectivity index (χ1) is 5.83. The minimum Gasteiger partial charge on any atom is -0.322 e. The Morgan fingerprint density at radius 3 is 2.58 bits per heavy atom. The number of aryl methyl sites for hydroxylation is 1. The first kappa shape index (κ1) is 8.94. The lowest BCUT2D eigenvalue weighted by Gasteiger charge is -2.02. The van der Waals surface area contributed by atoms with Crippen LogP contribution in [-0.4, -0.2) is 12.3 Å². The molecule has 2 heteroatoms. The van der Waals surface area contributed by atoms with Gasteiger partial charge in [0.1, 0.15) is 6.29 Å². The van der Waals surface area contributed by atoms with E-state index in [1.54, 1.807) is 0 Å². The second kappa shape index (κ2) is 4.67. The number of hydrogen-bond acceptors (Lipinski definition) is 2. The SMILES string of the molecule is N[C@@H](C=O)CCc1ccccc1. The van der Waals surface area contributed by atoms with E-state index in [-0.39, 0.29) is 6.04 Å². The van der Waals surface area contributed by atoms with Crippen LogP contribution in [0.5, 0.6) is 0 Å². The summed E-state index contributed by atoms with van der Waals surface area (Å²) < 4.78 is 0. The number of hydrogen-bond donors (Lipinski definition) is 1. The fourth-order valence-electron chi connectivity index (χ4n) is 1.05. The molecule has 1 rings (SSSR count). The van der Waals surface area contributed by atoms with Gasteiger partial charge in [-0.1, -0.05) is 30.3 Å². The molecule has 1 atom stereocenters. The Bertz CT molecular complexity index is 233. The normalized spacial score (nSPS) is 12.4. The summed E-state index contributed by atoms with van der Waals surface area (Å²) in [6.45, 7) is 0. The third kappa shape index (κ3) is 2.84. The fourth-order valence-corrected chi connectivity index (χ4v) is 1.05. The van der Waals surface area contributed by atoms with E-state index in [1.807, 2.05) is 30.3 Å². The van der Waals surface area contributed by atoms with Crippen LogP contribution in [0.2, 0.25) is 0 Å². The van der Waals surface area contributed by atoms with Crippen LogP contribution in [0.4, 0.5) is 0 Å². The molecule has 0 aliphatic rings. The molecule has 0 spiro atoms. The Hall–Kier alpha value is -1.15. The van der Waals surface area contributed by atoms with Gasteiger partial charge in [0.25, 0.3) is 0 Å². The van der Waals surface area contributed by atoms with E-state index >= 15 is 0 Å². The number of carbonyl (C=O) groups is 1. The lowest BCUT2D eigenvalue weighted by Crippen LogP contribution is -2.21. The zero-order valence-electron chi connectivity index (χ0n) is 6.94. The van der Waals surface area contributed by atoms with Crippen LogP contribution in [0, 0.1) is 0 Å². The maximum atomic E-state index is 10.2. The minimum absolute atomic E-state index is 0.315. The summed E-state index contributed by atoms with van der Waals surface area (Å²) in [7, 11) is 0. The van der Waals surface area contributed by atoms with Crippen molar-refractivity contribution in [3.05, 3.63) is 35.9 Å². The molecule has 12 heavy (non-hydrogen) atoms. The highest BCUT2D eigenvalue weighted by Crippen LogP contribution is 2.02. The largest absolute Gasteiger partial charge is 0.322 e. The molecule has 0 radical (unpaired) electrons. The van der Waals surface area contributed by atoms with Gasteiger partial charge >= 0.3 is 0 Å². The molecule has 2 nitrogen and oxygen atoms in total. The van der Waals surface area contributed by atoms with E-state index in [9.17, 15) is 4.79 Å². The Morgan fingerprint density at radius 2 is 2.00 bits per heavy atom. The summed E-state index contributed by atoms with van der Waals surface area (Å²) in [5.41, 5.74) is 6.68. The van der Waals surface area contributed by atoms with Crippen molar-refractivity contribution >= 4 is 6.29 Å². The summed E-state index contributed by atoms with van der Waals surface area (Å²) in [6.07, 6.45) is 2.40. The number of aldehydes is 1. The molecule has 0 saturated heterocycles. The topological polar surface area (TPSA) is 43.1 Å². The summed E-state index contributed by atoms with van der Waals surface area (Å²) in [5, 5.41) is 0. The van der Waals surface area contributed by atoms with E-state index in [1.165, 1.54) is 5.56 Å². The predicted molar refractivity (Wildman–Crippen MR) is 48.8 cm³/mol. The summed E-state index contributed by atoms with van der Waals surface area (Å²) in [5.74, 6) is 0. The van der Waals surface area contributed by atoms with Gasteiger partial charge in [-0.3, -0.25) is 0 Å². The van der Waals surface area contributed by atoms with Gasteiger partial charge in [-0.25, -0.2) is 0 Å². The lowest BCUT2D eigenvalue weighted by atomic mass is 10.1. The fraction of sp³-hybridized carbons (Fsp3) is 0.300. The van der Waals surface area contributed by atoms with Crippen molar-refractivity contribution in [2.75, 3.05) is 0 Å². The second-order valence-corrected chi connectivity index (χ2v) is 2.82. The third-order valence-electron chi connectivity index (χ3n) is 1.78. The molecule has 0 aliphatic carbocycles. The molecule has 0 heterocycles. The first-order valence-electron chi connectivity index (χ1n) is 4.07. The molecule has 1 aromatic rings. The van der Waals surface area contributed by atoms with Crippen molar-refractivity contribution < 1.29 is 4.79 Å². The molecular weight excluding hydrogens is 150 g/mol. The quantitative estimate of drug-likeness (QED) is 0.676. The van der Waals surface area contributed by atoms with E-state index in [0.29, 0.717) is 0 Å². The smallest absolute Gasteiger partial charge is 0.136 e. The highest BCUT2D eigenvalue weighted by molar-refractivity contribution is 5.56. The molecule has 64 valence electrons. The van der Waals surface area contributed by atoms with E-state index in [0.717, 1.165) is 19.1 Å². The molecule has 0 aromatic heterocycles. The number of carbonyl (C=O) groups excluding carboxylic acids is 1. The zero-order chi connectivity index (χ0) is 8.81. The van der Waals surface area contributed by atoms with Crippen LogP contribution in [0.15, 0.2) is 30.3 Å². The van der Waals surface area contributed by atoms with Gasteiger partial charge in [0.2, 0.25) is 0 Å². The Balaban J connectivity index is 2.38. The van der Waals surface area contributed by atoms with E-state index < -0.39 is 0 Å². The Kier molecular flexibility index (Phi) is 3.48. The molecule has 0 amide bonds. The Labute approximate surface area is 72.4 Å². The van der Waals surface area contributed by atoms with Crippen LogP contribution >= 0.6 is 0 Å². The maximum absolute atomic E-state index is 10.2. The van der Waals surface area contributed by atoms with Gasteiger partial charge < -0.3 is 10.5 Å². The molecular formula is C10H13NO. The summed E-state index contributed by atoms with van der Waals surface area (Å²) in [6, 6.07) is 9.71. The molecule has 0 aliphatic heterocycles. The summed E-state index contributed by atoms with van der Waals surface area (Å²) >= 11 is 0. The van der Waals surface area contributed by atoms with E-state index in [2.05, 4.69) is 0 Å². The van der Waals surface area contributed by atoms with Crippen molar-refractivity contribution in [3.8, 4) is 0 Å². The van der Waals surface area contributed by atoms with Crippen LogP contribution in [0.3, 0.4) is 0 Å². The van der Waals surface area contributed by atoms with Gasteiger partial charge in [0.15, 0.2) is 0 Å². The predicted octanol–water partition coefficient (Wildman–Crippen LogP) is 1.15. The second-order valence-electron chi connectivity index (χ2n) is 2.82. The highest BCUT2D eigenvalue weighted by Gasteiger charge is 1.99. The van der Waals surface area contributed by atoms with Gasteiger partial charge in [-0.15, -0.1) is 0 Å². The monoisotopic (exact) mass is 163 g/mol. The molecule has 1 aromatic carbocycles. The van der Waals surface area contributed by atoms with Crippen molar-refractivity contribution in [2.45, 2.75) is 18.9 Å². The average molecular weight is 163 g/mol. The van der Waals surface area contributed by atoms with Gasteiger partial charge in [0.05, 0.1) is 6.04 Å². The van der Waals surface area contributed by atoms with Gasteiger partial charge in [0, 0.05) is 0 Å². The molecule has 0 saturated carbocycles. The van der Waals surface area contributed by atoms with Gasteiger partial charge in [-0.05, 0) is 18.4 Å². The standard InChI is InChI=1S/C10H13NO/c11-10(8-12)7-6-9-4-2-1-3-5-9/h1-5,8,10H,6-7,11H2/t10-/m1/s1. The zero-order valence-corrected chi connectivity index (χ0v) is 6.94. The number of rotatable bonds is 4. The van der Waals surface area contributed by atoms with Crippen LogP contribution in [-0.2, 0) is 11.2 Å². The van der Waals surface area contributed by atoms with Crippen LogP contribution in [0.25, 0.3) is 0 Å². The van der Waals surface area contributed by atoms with Crippen molar-refractivity contribution in [3.63, 3.8) is 0 Å². The third-order valence-corrected chi connectivity index (χ3v) is 1.78. The number of nitrogens with two attached hydrogens (primary N) is 1. The van der Waals surface area contributed by atoms with Crippen LogP contribution < -0.4 is 5.73 Å². The van der Waals surface area contributed by atoms with E-state index in [4.69, 9.17) is 5.73 Å². The first-order valence-corrected chi connectivity index (χ1v) is 4.07.